The molecule has 144 valence electrons. The number of rotatable bonds is 3. The first-order valence-corrected chi connectivity index (χ1v) is 9.52. The minimum absolute atomic E-state index is 0.00222. The molecule has 2 aromatic heterocycles. The van der Waals surface area contributed by atoms with Gasteiger partial charge in [-0.15, -0.1) is 0 Å². The van der Waals surface area contributed by atoms with Crippen LogP contribution in [-0.2, 0) is 13.2 Å². The fraction of sp³-hybridized carbons (Fsp3) is 0.444. The van der Waals surface area contributed by atoms with Crippen LogP contribution in [0.4, 0.5) is 18.3 Å². The van der Waals surface area contributed by atoms with E-state index < -0.39 is 17.8 Å². The number of halogens is 3. The molecule has 0 amide bonds. The van der Waals surface area contributed by atoms with E-state index in [1.54, 1.807) is 17.0 Å². The van der Waals surface area contributed by atoms with Gasteiger partial charge in [0.1, 0.15) is 11.9 Å². The first kappa shape index (κ1) is 18.2. The quantitative estimate of drug-likeness (QED) is 0.727. The third-order valence-electron chi connectivity index (χ3n) is 5.00. The van der Waals surface area contributed by atoms with Crippen molar-refractivity contribution in [3.8, 4) is 0 Å². The molecule has 3 aromatic rings. The van der Waals surface area contributed by atoms with Crippen LogP contribution in [0.2, 0.25) is 0 Å². The highest BCUT2D eigenvalue weighted by Crippen LogP contribution is 2.37. The molecule has 0 saturated carbocycles. The molecule has 27 heavy (non-hydrogen) atoms. The lowest BCUT2D eigenvalue weighted by molar-refractivity contribution is -0.137. The van der Waals surface area contributed by atoms with E-state index in [-0.39, 0.29) is 5.92 Å². The predicted molar refractivity (Wildman–Crippen MR) is 97.7 cm³/mol. The first-order chi connectivity index (χ1) is 12.8. The maximum Gasteiger partial charge on any atom is 0.416 e. The van der Waals surface area contributed by atoms with Crippen LogP contribution >= 0.6 is 11.3 Å². The molecule has 9 heteroatoms. The summed E-state index contributed by atoms with van der Waals surface area (Å²) in [6.45, 7) is 1.37. The van der Waals surface area contributed by atoms with E-state index in [4.69, 9.17) is 0 Å². The van der Waals surface area contributed by atoms with E-state index in [1.165, 1.54) is 17.4 Å². The number of alkyl halides is 3. The van der Waals surface area contributed by atoms with Gasteiger partial charge in [-0.2, -0.15) is 13.2 Å². The molecule has 0 radical (unpaired) electrons. The highest BCUT2D eigenvalue weighted by molar-refractivity contribution is 7.22. The van der Waals surface area contributed by atoms with E-state index in [1.807, 2.05) is 7.05 Å². The number of aliphatic hydroxyl groups excluding tert-OH is 1. The lowest BCUT2D eigenvalue weighted by Crippen LogP contribution is -2.38. The van der Waals surface area contributed by atoms with Gasteiger partial charge >= 0.3 is 6.18 Å². The Hall–Kier alpha value is -2.13. The zero-order valence-electron chi connectivity index (χ0n) is 14.6. The van der Waals surface area contributed by atoms with Crippen molar-refractivity contribution < 1.29 is 18.3 Å². The summed E-state index contributed by atoms with van der Waals surface area (Å²) >= 11 is 1.38. The second-order valence-corrected chi connectivity index (χ2v) is 7.88. The van der Waals surface area contributed by atoms with Crippen molar-refractivity contribution in [3.05, 3.63) is 42.0 Å². The largest absolute Gasteiger partial charge is 0.416 e. The molecule has 1 aliphatic rings. The van der Waals surface area contributed by atoms with Gasteiger partial charge in [-0.1, -0.05) is 11.3 Å². The third-order valence-corrected chi connectivity index (χ3v) is 6.10. The summed E-state index contributed by atoms with van der Waals surface area (Å²) in [5.74, 6) is 0.624. The summed E-state index contributed by atoms with van der Waals surface area (Å²) in [6.07, 6.45) is 0.152. The summed E-state index contributed by atoms with van der Waals surface area (Å²) in [6, 6.07) is 3.66. The minimum Gasteiger partial charge on any atom is -0.385 e. The highest BCUT2D eigenvalue weighted by Gasteiger charge is 2.32. The van der Waals surface area contributed by atoms with Crippen LogP contribution in [0, 0.1) is 5.92 Å². The predicted octanol–water partition coefficient (Wildman–Crippen LogP) is 4.00. The summed E-state index contributed by atoms with van der Waals surface area (Å²) in [7, 11) is 1.85. The Balaban J connectivity index is 1.57. The number of benzene rings is 1. The van der Waals surface area contributed by atoms with Crippen LogP contribution < -0.4 is 4.90 Å². The summed E-state index contributed by atoms with van der Waals surface area (Å²) < 4.78 is 41.3. The van der Waals surface area contributed by atoms with Crippen LogP contribution in [0.5, 0.6) is 0 Å². The van der Waals surface area contributed by atoms with Gasteiger partial charge in [0.2, 0.25) is 0 Å². The maximum absolute atomic E-state index is 12.9. The second kappa shape index (κ2) is 6.79. The average molecular weight is 396 g/mol. The minimum atomic E-state index is -4.37. The number of hydrogen-bond donors (Lipinski definition) is 1. The smallest absolute Gasteiger partial charge is 0.385 e. The van der Waals surface area contributed by atoms with E-state index in [0.29, 0.717) is 23.0 Å². The van der Waals surface area contributed by atoms with E-state index >= 15 is 0 Å². The van der Waals surface area contributed by atoms with Gasteiger partial charge in [0.05, 0.1) is 15.8 Å². The van der Waals surface area contributed by atoms with Crippen molar-refractivity contribution in [3.63, 3.8) is 0 Å². The van der Waals surface area contributed by atoms with Crippen LogP contribution in [0.3, 0.4) is 0 Å². The van der Waals surface area contributed by atoms with Gasteiger partial charge in [-0.05, 0) is 31.0 Å². The van der Waals surface area contributed by atoms with E-state index in [0.717, 1.165) is 36.2 Å². The molecule has 1 saturated heterocycles. The molecule has 1 aromatic carbocycles. The standard InChI is InChI=1S/C18H19F3N4OS/c1-24-8-6-22-16(24)15(26)11-3-2-7-25(10-11)17-23-13-9-12(18(19,20)21)4-5-14(13)27-17/h4-6,8-9,11,15,26H,2-3,7,10H2,1H3. The number of aliphatic hydroxyl groups is 1. The van der Waals surface area contributed by atoms with Crippen molar-refractivity contribution in [1.29, 1.82) is 0 Å². The fourth-order valence-corrected chi connectivity index (χ4v) is 4.52. The molecule has 0 bridgehead atoms. The SMILES string of the molecule is Cn1ccnc1C(O)C1CCCN(c2nc3cc(C(F)(F)F)ccc3s2)C1. The average Bonchev–Trinajstić information content (AvgIpc) is 3.25. The Bertz CT molecular complexity index is 952. The molecule has 1 aliphatic heterocycles. The number of piperidine rings is 1. The highest BCUT2D eigenvalue weighted by atomic mass is 32.1. The summed E-state index contributed by atoms with van der Waals surface area (Å²) in [5.41, 5.74) is -0.329. The molecule has 1 fully saturated rings. The lowest BCUT2D eigenvalue weighted by Gasteiger charge is -2.34. The van der Waals surface area contributed by atoms with Crippen molar-refractivity contribution in [2.75, 3.05) is 18.0 Å². The fourth-order valence-electron chi connectivity index (χ4n) is 3.54. The Morgan fingerprint density at radius 3 is 2.85 bits per heavy atom. The monoisotopic (exact) mass is 396 g/mol. The lowest BCUT2D eigenvalue weighted by atomic mass is 9.92. The topological polar surface area (TPSA) is 54.2 Å². The van der Waals surface area contributed by atoms with Crippen molar-refractivity contribution >= 4 is 26.7 Å². The molecule has 0 aliphatic carbocycles. The molecule has 0 spiro atoms. The van der Waals surface area contributed by atoms with Crippen LogP contribution in [0.15, 0.2) is 30.6 Å². The van der Waals surface area contributed by atoms with E-state index in [9.17, 15) is 18.3 Å². The molecule has 3 heterocycles. The van der Waals surface area contributed by atoms with E-state index in [2.05, 4.69) is 14.9 Å². The van der Waals surface area contributed by atoms with Crippen molar-refractivity contribution in [2.24, 2.45) is 13.0 Å². The molecule has 5 nitrogen and oxygen atoms in total. The van der Waals surface area contributed by atoms with Gasteiger partial charge < -0.3 is 14.6 Å². The number of nitrogens with zero attached hydrogens (tertiary/aromatic N) is 4. The van der Waals surface area contributed by atoms with Crippen LogP contribution in [-0.4, -0.2) is 32.7 Å². The number of thiazole rings is 1. The number of hydrogen-bond acceptors (Lipinski definition) is 5. The molecule has 1 N–H and O–H groups in total. The Morgan fingerprint density at radius 2 is 2.15 bits per heavy atom. The van der Waals surface area contributed by atoms with Gasteiger partial charge in [-0.3, -0.25) is 0 Å². The van der Waals surface area contributed by atoms with Crippen LogP contribution in [0.25, 0.3) is 10.2 Å². The molecular formula is C18H19F3N4OS. The van der Waals surface area contributed by atoms with Gasteiger partial charge in [0, 0.05) is 38.4 Å². The number of fused-ring (bicyclic) bond motifs is 1. The van der Waals surface area contributed by atoms with Crippen LogP contribution in [0.1, 0.15) is 30.3 Å². The second-order valence-electron chi connectivity index (χ2n) is 6.87. The molecular weight excluding hydrogens is 377 g/mol. The van der Waals surface area contributed by atoms with Gasteiger partial charge in [-0.25, -0.2) is 9.97 Å². The summed E-state index contributed by atoms with van der Waals surface area (Å²) in [4.78, 5) is 10.7. The number of anilines is 1. The normalized spacial score (nSPS) is 19.6. The number of imidazole rings is 1. The first-order valence-electron chi connectivity index (χ1n) is 8.71. The number of aromatic nitrogens is 3. The van der Waals surface area contributed by atoms with Crippen molar-refractivity contribution in [1.82, 2.24) is 14.5 Å². The Kier molecular flexibility index (Phi) is 4.59. The zero-order chi connectivity index (χ0) is 19.2. The maximum atomic E-state index is 12.9. The molecule has 2 atom stereocenters. The molecule has 2 unspecified atom stereocenters. The van der Waals surface area contributed by atoms with Gasteiger partial charge in [0.25, 0.3) is 0 Å². The molecule has 4 rings (SSSR count). The Labute approximate surface area is 158 Å². The third kappa shape index (κ3) is 3.53. The van der Waals surface area contributed by atoms with Gasteiger partial charge in [0.15, 0.2) is 5.13 Å². The number of aryl methyl sites for hydroxylation is 1. The Morgan fingerprint density at radius 1 is 1.33 bits per heavy atom. The summed E-state index contributed by atoms with van der Waals surface area (Å²) in [5, 5.41) is 11.4. The zero-order valence-corrected chi connectivity index (χ0v) is 15.5. The van der Waals surface area contributed by atoms with Crippen molar-refractivity contribution in [2.45, 2.75) is 25.1 Å².